The summed E-state index contributed by atoms with van der Waals surface area (Å²) in [6.07, 6.45) is 2.70. The van der Waals surface area contributed by atoms with Gasteiger partial charge in [-0.25, -0.2) is 4.79 Å². The number of likely N-dealkylation sites (N-methyl/N-ethyl adjacent to an activating group) is 1. The standard InChI is InChI=1S/C12H22N2O4/c1-9(12(17)18)14(3)11(16)7-5-4-6-8-13-10(2)15/h9H,4-8H2,1-3H3,(H,13,15)(H,17,18). The van der Waals surface area contributed by atoms with Crippen LogP contribution in [0.15, 0.2) is 0 Å². The highest BCUT2D eigenvalue weighted by Crippen LogP contribution is 2.05. The Morgan fingerprint density at radius 1 is 1.22 bits per heavy atom. The number of rotatable bonds is 8. The molecular weight excluding hydrogens is 236 g/mol. The third-order valence-corrected chi connectivity index (χ3v) is 2.77. The molecule has 1 unspecified atom stereocenters. The molecule has 18 heavy (non-hydrogen) atoms. The van der Waals surface area contributed by atoms with Crippen molar-refractivity contribution >= 4 is 17.8 Å². The van der Waals surface area contributed by atoms with Crippen LogP contribution in [0, 0.1) is 0 Å². The second kappa shape index (κ2) is 8.49. The van der Waals surface area contributed by atoms with Crippen molar-refractivity contribution < 1.29 is 19.5 Å². The van der Waals surface area contributed by atoms with E-state index in [1.54, 1.807) is 0 Å². The summed E-state index contributed by atoms with van der Waals surface area (Å²) >= 11 is 0. The number of amides is 2. The highest BCUT2D eigenvalue weighted by Gasteiger charge is 2.20. The molecule has 0 aromatic heterocycles. The molecule has 0 aromatic rings. The molecule has 2 N–H and O–H groups in total. The average molecular weight is 258 g/mol. The monoisotopic (exact) mass is 258 g/mol. The number of unbranched alkanes of at least 4 members (excludes halogenated alkanes) is 2. The van der Waals surface area contributed by atoms with E-state index < -0.39 is 12.0 Å². The first-order valence-electron chi connectivity index (χ1n) is 6.09. The smallest absolute Gasteiger partial charge is 0.326 e. The number of nitrogens with zero attached hydrogens (tertiary/aromatic N) is 1. The molecule has 0 heterocycles. The lowest BCUT2D eigenvalue weighted by atomic mass is 10.1. The molecule has 0 saturated heterocycles. The quantitative estimate of drug-likeness (QED) is 0.625. The molecule has 0 aliphatic carbocycles. The van der Waals surface area contributed by atoms with Gasteiger partial charge in [-0.2, -0.15) is 0 Å². The van der Waals surface area contributed by atoms with Gasteiger partial charge < -0.3 is 15.3 Å². The van der Waals surface area contributed by atoms with Crippen molar-refractivity contribution in [1.82, 2.24) is 10.2 Å². The lowest BCUT2D eigenvalue weighted by molar-refractivity contribution is -0.148. The van der Waals surface area contributed by atoms with Crippen molar-refractivity contribution in [2.24, 2.45) is 0 Å². The maximum absolute atomic E-state index is 11.6. The summed E-state index contributed by atoms with van der Waals surface area (Å²) in [5.74, 6) is -1.22. The molecule has 2 amide bonds. The number of carbonyl (C=O) groups is 3. The van der Waals surface area contributed by atoms with Gasteiger partial charge in [0, 0.05) is 26.9 Å². The number of carboxylic acid groups (broad SMARTS) is 1. The molecule has 6 nitrogen and oxygen atoms in total. The van der Waals surface area contributed by atoms with Gasteiger partial charge in [-0.05, 0) is 19.8 Å². The molecular formula is C12H22N2O4. The van der Waals surface area contributed by atoms with Gasteiger partial charge in [0.15, 0.2) is 0 Å². The minimum absolute atomic E-state index is 0.0545. The number of nitrogens with one attached hydrogen (secondary N) is 1. The summed E-state index contributed by atoms with van der Waals surface area (Å²) in [6, 6.07) is -0.795. The Bertz CT molecular complexity index is 304. The first-order chi connectivity index (χ1) is 8.36. The fraction of sp³-hybridized carbons (Fsp3) is 0.750. The molecule has 0 aromatic carbocycles. The molecule has 104 valence electrons. The van der Waals surface area contributed by atoms with Gasteiger partial charge in [-0.3, -0.25) is 9.59 Å². The molecule has 6 heteroatoms. The van der Waals surface area contributed by atoms with Gasteiger partial charge in [0.2, 0.25) is 11.8 Å². The van der Waals surface area contributed by atoms with E-state index >= 15 is 0 Å². The number of hydrogen-bond donors (Lipinski definition) is 2. The molecule has 1 atom stereocenters. The number of aliphatic carboxylic acids is 1. The summed E-state index contributed by atoms with van der Waals surface area (Å²) in [5.41, 5.74) is 0. The van der Waals surface area contributed by atoms with Crippen molar-refractivity contribution in [1.29, 1.82) is 0 Å². The van der Waals surface area contributed by atoms with Crippen LogP contribution in [0.3, 0.4) is 0 Å². The fourth-order valence-corrected chi connectivity index (χ4v) is 1.40. The second-order valence-corrected chi connectivity index (χ2v) is 4.31. The largest absolute Gasteiger partial charge is 0.480 e. The van der Waals surface area contributed by atoms with E-state index in [1.807, 2.05) is 0 Å². The first kappa shape index (κ1) is 16.4. The van der Waals surface area contributed by atoms with E-state index in [0.29, 0.717) is 19.4 Å². The average Bonchev–Trinajstić information content (AvgIpc) is 2.30. The zero-order chi connectivity index (χ0) is 14.1. The molecule has 0 bridgehead atoms. The Morgan fingerprint density at radius 3 is 2.33 bits per heavy atom. The van der Waals surface area contributed by atoms with E-state index in [9.17, 15) is 14.4 Å². The van der Waals surface area contributed by atoms with E-state index in [1.165, 1.54) is 25.8 Å². The van der Waals surface area contributed by atoms with Crippen molar-refractivity contribution in [2.75, 3.05) is 13.6 Å². The second-order valence-electron chi connectivity index (χ2n) is 4.31. The van der Waals surface area contributed by atoms with Crippen molar-refractivity contribution in [3.63, 3.8) is 0 Å². The van der Waals surface area contributed by atoms with Crippen LogP contribution in [0.5, 0.6) is 0 Å². The topological polar surface area (TPSA) is 86.7 Å². The summed E-state index contributed by atoms with van der Waals surface area (Å²) in [7, 11) is 1.50. The highest BCUT2D eigenvalue weighted by molar-refractivity contribution is 5.83. The van der Waals surface area contributed by atoms with Gasteiger partial charge in [0.25, 0.3) is 0 Å². The minimum atomic E-state index is -1.00. The van der Waals surface area contributed by atoms with Crippen LogP contribution in [-0.4, -0.2) is 47.4 Å². The molecule has 0 aliphatic rings. The molecule has 0 spiro atoms. The van der Waals surface area contributed by atoms with E-state index in [4.69, 9.17) is 5.11 Å². The van der Waals surface area contributed by atoms with Gasteiger partial charge >= 0.3 is 5.97 Å². The van der Waals surface area contributed by atoms with Crippen LogP contribution < -0.4 is 5.32 Å². The lowest BCUT2D eigenvalue weighted by Crippen LogP contribution is -2.40. The van der Waals surface area contributed by atoms with E-state index in [0.717, 1.165) is 12.8 Å². The van der Waals surface area contributed by atoms with Crippen LogP contribution in [0.2, 0.25) is 0 Å². The van der Waals surface area contributed by atoms with Crippen LogP contribution >= 0.6 is 0 Å². The Kier molecular flexibility index (Phi) is 7.74. The third kappa shape index (κ3) is 6.88. The normalized spacial score (nSPS) is 11.7. The van der Waals surface area contributed by atoms with Gasteiger partial charge in [-0.1, -0.05) is 6.42 Å². The van der Waals surface area contributed by atoms with Crippen LogP contribution in [-0.2, 0) is 14.4 Å². The zero-order valence-corrected chi connectivity index (χ0v) is 11.2. The van der Waals surface area contributed by atoms with Gasteiger partial charge in [-0.15, -0.1) is 0 Å². The molecule has 0 fully saturated rings. The highest BCUT2D eigenvalue weighted by atomic mass is 16.4. The maximum atomic E-state index is 11.6. The third-order valence-electron chi connectivity index (χ3n) is 2.77. The van der Waals surface area contributed by atoms with Crippen LogP contribution in [0.25, 0.3) is 0 Å². The summed E-state index contributed by atoms with van der Waals surface area (Å²) < 4.78 is 0. The summed E-state index contributed by atoms with van der Waals surface area (Å²) in [5, 5.41) is 11.4. The molecule has 0 radical (unpaired) electrons. The predicted molar refractivity (Wildman–Crippen MR) is 67.0 cm³/mol. The summed E-state index contributed by atoms with van der Waals surface area (Å²) in [6.45, 7) is 3.56. The molecule has 0 aliphatic heterocycles. The minimum Gasteiger partial charge on any atom is -0.480 e. The van der Waals surface area contributed by atoms with Gasteiger partial charge in [0.05, 0.1) is 0 Å². The number of carbonyl (C=O) groups excluding carboxylic acids is 2. The van der Waals surface area contributed by atoms with Crippen LogP contribution in [0.1, 0.15) is 39.5 Å². The maximum Gasteiger partial charge on any atom is 0.326 e. The number of carboxylic acids is 1. The summed E-state index contributed by atoms with van der Waals surface area (Å²) in [4.78, 5) is 34.1. The van der Waals surface area contributed by atoms with Crippen LogP contribution in [0.4, 0.5) is 0 Å². The SMILES string of the molecule is CC(=O)NCCCCCC(=O)N(C)C(C)C(=O)O. The number of hydrogen-bond acceptors (Lipinski definition) is 3. The van der Waals surface area contributed by atoms with Crippen molar-refractivity contribution in [3.8, 4) is 0 Å². The van der Waals surface area contributed by atoms with E-state index in [-0.39, 0.29) is 11.8 Å². The fourth-order valence-electron chi connectivity index (χ4n) is 1.40. The van der Waals surface area contributed by atoms with Crippen molar-refractivity contribution in [3.05, 3.63) is 0 Å². The van der Waals surface area contributed by atoms with E-state index in [2.05, 4.69) is 5.32 Å². The Balaban J connectivity index is 3.70. The zero-order valence-electron chi connectivity index (χ0n) is 11.2. The van der Waals surface area contributed by atoms with Crippen molar-refractivity contribution in [2.45, 2.75) is 45.6 Å². The van der Waals surface area contributed by atoms with Gasteiger partial charge in [0.1, 0.15) is 6.04 Å². The Labute approximate surface area is 107 Å². The Hall–Kier alpha value is -1.59. The Morgan fingerprint density at radius 2 is 1.83 bits per heavy atom. The predicted octanol–water partition coefficient (Wildman–Crippen LogP) is 0.614. The lowest BCUT2D eigenvalue weighted by Gasteiger charge is -2.21. The molecule has 0 rings (SSSR count). The first-order valence-corrected chi connectivity index (χ1v) is 6.09. The molecule has 0 saturated carbocycles.